The first-order chi connectivity index (χ1) is 17.6. The maximum atomic E-state index is 13.1. The Labute approximate surface area is 216 Å². The maximum Gasteiger partial charge on any atom is 0.332 e. The van der Waals surface area contributed by atoms with Gasteiger partial charge in [-0.05, 0) is 31.4 Å². The van der Waals surface area contributed by atoms with E-state index in [1.807, 2.05) is 20.8 Å². The van der Waals surface area contributed by atoms with Crippen molar-refractivity contribution in [2.24, 2.45) is 11.8 Å². The number of cyclic esters (lactones) is 2. The zero-order valence-corrected chi connectivity index (χ0v) is 21.9. The van der Waals surface area contributed by atoms with E-state index in [1.165, 1.54) is 19.2 Å². The van der Waals surface area contributed by atoms with Crippen molar-refractivity contribution in [1.82, 2.24) is 5.32 Å². The number of carbonyl (C=O) groups is 5. The number of rotatable bonds is 11. The second-order valence-corrected chi connectivity index (χ2v) is 9.25. The van der Waals surface area contributed by atoms with Crippen LogP contribution in [0, 0.1) is 11.8 Å². The van der Waals surface area contributed by atoms with E-state index in [0.717, 1.165) is 6.42 Å². The molecule has 4 atom stereocenters. The molecule has 2 amide bonds. The molecular weight excluding hydrogens is 484 g/mol. The first-order valence-corrected chi connectivity index (χ1v) is 12.4. The van der Waals surface area contributed by atoms with Gasteiger partial charge in [-0.15, -0.1) is 0 Å². The molecule has 0 unspecified atom stereocenters. The molecule has 1 saturated heterocycles. The summed E-state index contributed by atoms with van der Waals surface area (Å²) < 4.78 is 21.9. The standard InChI is InChI=1S/C26H36N2O9/c1-6-7-9-18-22(37-21(30)12-15(2)3)16(4)36-26(33)20(13-35-25(18)32)28-24(31)17-10-8-11-19(27-14-29)23(17)34-5/h8,10-11,14-16,18,20,22H,6-7,9,12-13H2,1-5H3,(H,27,29)(H,28,31)/t16-,18+,20-,22-/m0/s1. The highest BCUT2D eigenvalue weighted by molar-refractivity contribution is 6.01. The van der Waals surface area contributed by atoms with Crippen molar-refractivity contribution < 1.29 is 42.9 Å². The summed E-state index contributed by atoms with van der Waals surface area (Å²) >= 11 is 0. The highest BCUT2D eigenvalue weighted by atomic mass is 16.6. The van der Waals surface area contributed by atoms with Gasteiger partial charge in [0.1, 0.15) is 12.7 Å². The van der Waals surface area contributed by atoms with Gasteiger partial charge in [0.25, 0.3) is 5.91 Å². The Morgan fingerprint density at radius 1 is 1.22 bits per heavy atom. The van der Waals surface area contributed by atoms with E-state index in [-0.39, 0.29) is 29.3 Å². The Kier molecular flexibility index (Phi) is 11.4. The minimum absolute atomic E-state index is 0.0413. The SMILES string of the molecule is CCCC[C@H]1C(=O)OC[C@H](NC(=O)c2cccc(NC=O)c2OC)C(=O)O[C@@H](C)[C@@H]1OC(=O)CC(C)C. The summed E-state index contributed by atoms with van der Waals surface area (Å²) in [5.41, 5.74) is 0.301. The van der Waals surface area contributed by atoms with Crippen molar-refractivity contribution >= 4 is 35.9 Å². The number of hydrogen-bond donors (Lipinski definition) is 2. The average molecular weight is 521 g/mol. The summed E-state index contributed by atoms with van der Waals surface area (Å²) in [5.74, 6) is -3.41. The summed E-state index contributed by atoms with van der Waals surface area (Å²) in [5, 5.41) is 4.95. The van der Waals surface area contributed by atoms with E-state index < -0.39 is 54.6 Å². The van der Waals surface area contributed by atoms with Gasteiger partial charge in [-0.1, -0.05) is 39.7 Å². The van der Waals surface area contributed by atoms with Gasteiger partial charge in [-0.3, -0.25) is 19.2 Å². The molecule has 0 spiro atoms. The molecule has 1 aliphatic heterocycles. The van der Waals surface area contributed by atoms with E-state index in [1.54, 1.807) is 13.0 Å². The van der Waals surface area contributed by atoms with Crippen molar-refractivity contribution in [1.29, 1.82) is 0 Å². The molecule has 1 heterocycles. The second-order valence-electron chi connectivity index (χ2n) is 9.25. The van der Waals surface area contributed by atoms with E-state index in [0.29, 0.717) is 19.3 Å². The topological polar surface area (TPSA) is 146 Å². The number of carbonyl (C=O) groups excluding carboxylic acids is 5. The van der Waals surface area contributed by atoms with Crippen LogP contribution < -0.4 is 15.4 Å². The van der Waals surface area contributed by atoms with Gasteiger partial charge in [0, 0.05) is 6.42 Å². The van der Waals surface area contributed by atoms with Crippen molar-refractivity contribution in [3.8, 4) is 5.75 Å². The van der Waals surface area contributed by atoms with Gasteiger partial charge >= 0.3 is 17.9 Å². The van der Waals surface area contributed by atoms with Crippen LogP contribution in [0.25, 0.3) is 0 Å². The van der Waals surface area contributed by atoms with Crippen LogP contribution in [0.5, 0.6) is 5.75 Å². The molecule has 1 aromatic carbocycles. The quantitative estimate of drug-likeness (QED) is 0.255. The number of benzene rings is 1. The van der Waals surface area contributed by atoms with Crippen LogP contribution in [-0.2, 0) is 33.4 Å². The molecule has 2 N–H and O–H groups in total. The van der Waals surface area contributed by atoms with Crippen LogP contribution in [0.4, 0.5) is 5.69 Å². The Hall–Kier alpha value is -3.63. The van der Waals surface area contributed by atoms with Crippen molar-refractivity contribution in [2.45, 2.75) is 71.6 Å². The van der Waals surface area contributed by atoms with E-state index in [2.05, 4.69) is 10.6 Å². The number of anilines is 1. The molecule has 11 heteroatoms. The molecule has 37 heavy (non-hydrogen) atoms. The van der Waals surface area contributed by atoms with Crippen molar-refractivity contribution in [2.75, 3.05) is 19.0 Å². The molecule has 0 bridgehead atoms. The van der Waals surface area contributed by atoms with Gasteiger partial charge in [-0.25, -0.2) is 4.79 Å². The lowest BCUT2D eigenvalue weighted by Crippen LogP contribution is -2.46. The first-order valence-electron chi connectivity index (χ1n) is 12.4. The number of nitrogens with one attached hydrogen (secondary N) is 2. The average Bonchev–Trinajstić information content (AvgIpc) is 2.87. The van der Waals surface area contributed by atoms with Crippen LogP contribution in [0.1, 0.15) is 63.7 Å². The van der Waals surface area contributed by atoms with Crippen LogP contribution in [-0.4, -0.2) is 62.2 Å². The molecule has 1 aromatic rings. The summed E-state index contributed by atoms with van der Waals surface area (Å²) in [6.07, 6.45) is 0.426. The molecule has 11 nitrogen and oxygen atoms in total. The van der Waals surface area contributed by atoms with Gasteiger partial charge in [-0.2, -0.15) is 0 Å². The first kappa shape index (κ1) is 29.6. The fourth-order valence-corrected chi connectivity index (χ4v) is 4.00. The number of para-hydroxylation sites is 1. The summed E-state index contributed by atoms with van der Waals surface area (Å²) in [6, 6.07) is 3.19. The Morgan fingerprint density at radius 3 is 2.57 bits per heavy atom. The summed E-state index contributed by atoms with van der Waals surface area (Å²) in [7, 11) is 1.33. The van der Waals surface area contributed by atoms with Gasteiger partial charge in [0.15, 0.2) is 17.9 Å². The number of unbranched alkanes of at least 4 members (excludes halogenated alkanes) is 1. The van der Waals surface area contributed by atoms with Crippen molar-refractivity contribution in [3.05, 3.63) is 23.8 Å². The third-order valence-corrected chi connectivity index (χ3v) is 5.84. The molecule has 0 aromatic heterocycles. The van der Waals surface area contributed by atoms with Crippen LogP contribution in [0.15, 0.2) is 18.2 Å². The monoisotopic (exact) mass is 520 g/mol. The fourth-order valence-electron chi connectivity index (χ4n) is 4.00. The Morgan fingerprint density at radius 2 is 1.95 bits per heavy atom. The molecule has 1 fully saturated rings. The van der Waals surface area contributed by atoms with Gasteiger partial charge < -0.3 is 29.6 Å². The lowest BCUT2D eigenvalue weighted by molar-refractivity contribution is -0.175. The molecule has 204 valence electrons. The largest absolute Gasteiger partial charge is 0.494 e. The number of amides is 2. The summed E-state index contributed by atoms with van der Waals surface area (Å²) in [6.45, 7) is 6.76. The maximum absolute atomic E-state index is 13.1. The van der Waals surface area contributed by atoms with Crippen molar-refractivity contribution in [3.63, 3.8) is 0 Å². The highest BCUT2D eigenvalue weighted by Gasteiger charge is 2.41. The van der Waals surface area contributed by atoms with E-state index in [9.17, 15) is 24.0 Å². The predicted octanol–water partition coefficient (Wildman–Crippen LogP) is 2.61. The third kappa shape index (κ3) is 8.19. The molecular formula is C26H36N2O9. The van der Waals surface area contributed by atoms with E-state index >= 15 is 0 Å². The number of hydrogen-bond acceptors (Lipinski definition) is 9. The molecule has 1 aliphatic rings. The summed E-state index contributed by atoms with van der Waals surface area (Å²) in [4.78, 5) is 62.4. The predicted molar refractivity (Wildman–Crippen MR) is 133 cm³/mol. The lowest BCUT2D eigenvalue weighted by atomic mass is 9.92. The molecule has 0 aliphatic carbocycles. The second kappa shape index (κ2) is 14.2. The number of ether oxygens (including phenoxy) is 4. The van der Waals surface area contributed by atoms with Crippen LogP contribution in [0.2, 0.25) is 0 Å². The Bertz CT molecular complexity index is 979. The lowest BCUT2D eigenvalue weighted by Gasteiger charge is -2.29. The minimum atomic E-state index is -1.33. The van der Waals surface area contributed by atoms with Crippen LogP contribution >= 0.6 is 0 Å². The Balaban J connectivity index is 2.29. The van der Waals surface area contributed by atoms with Gasteiger partial charge in [0.05, 0.1) is 24.3 Å². The normalized spacial score (nSPS) is 22.0. The molecule has 2 rings (SSSR count). The molecule has 0 radical (unpaired) electrons. The smallest absolute Gasteiger partial charge is 0.332 e. The fraction of sp³-hybridized carbons (Fsp3) is 0.577. The number of esters is 3. The number of methoxy groups -OCH3 is 1. The van der Waals surface area contributed by atoms with Crippen LogP contribution in [0.3, 0.4) is 0 Å². The highest BCUT2D eigenvalue weighted by Crippen LogP contribution is 2.29. The zero-order chi connectivity index (χ0) is 27.5. The van der Waals surface area contributed by atoms with Gasteiger partial charge in [0.2, 0.25) is 6.41 Å². The zero-order valence-electron chi connectivity index (χ0n) is 21.9. The molecule has 0 saturated carbocycles. The third-order valence-electron chi connectivity index (χ3n) is 5.84. The van der Waals surface area contributed by atoms with E-state index in [4.69, 9.17) is 18.9 Å². The minimum Gasteiger partial charge on any atom is -0.494 e.